The summed E-state index contributed by atoms with van der Waals surface area (Å²) in [6, 6.07) is 82.2. The van der Waals surface area contributed by atoms with Gasteiger partial charge in [-0.2, -0.15) is 5.26 Å². The van der Waals surface area contributed by atoms with Crippen LogP contribution in [-0.4, -0.2) is 173 Å². The van der Waals surface area contributed by atoms with Crippen LogP contribution in [0.3, 0.4) is 0 Å². The molecular weight excluding hydrogens is 1820 g/mol. The number of Topliss-reactive ketones (excluding diaryl/α,β-unsaturated/α-hetero) is 1. The van der Waals surface area contributed by atoms with E-state index in [1.807, 2.05) is 229 Å². The summed E-state index contributed by atoms with van der Waals surface area (Å²) in [6.07, 6.45) is 6.58. The summed E-state index contributed by atoms with van der Waals surface area (Å²) >= 11 is 0. The Hall–Kier alpha value is -16.0. The van der Waals surface area contributed by atoms with Gasteiger partial charge in [0.2, 0.25) is 0 Å². The Labute approximate surface area is 839 Å². The number of methoxy groups -OCH3 is 2. The van der Waals surface area contributed by atoms with Crippen LogP contribution in [0.5, 0.6) is 17.2 Å². The summed E-state index contributed by atoms with van der Waals surface area (Å²) < 4.78 is 43.6. The number of nitriles is 1. The number of ketones is 1. The molecule has 5 aliphatic rings. The van der Waals surface area contributed by atoms with Crippen LogP contribution in [0.4, 0.5) is 11.5 Å². The average Bonchev–Trinajstić information content (AvgIpc) is 1.50. The van der Waals surface area contributed by atoms with E-state index in [1.165, 1.54) is 6.07 Å². The maximum Gasteiger partial charge on any atom is 0.333 e. The molecule has 18 aromatic rings. The molecule has 0 spiro atoms. The van der Waals surface area contributed by atoms with Crippen molar-refractivity contribution in [1.29, 1.82) is 5.26 Å². The van der Waals surface area contributed by atoms with Gasteiger partial charge in [-0.1, -0.05) is 166 Å². The number of morpholine rings is 2. The Kier molecular flexibility index (Phi) is 27.3. The van der Waals surface area contributed by atoms with Crippen LogP contribution in [-0.2, 0) is 50.1 Å². The maximum absolute atomic E-state index is 13.9. The van der Waals surface area contributed by atoms with Gasteiger partial charge in [0.1, 0.15) is 35.4 Å². The van der Waals surface area contributed by atoms with Gasteiger partial charge in [0.15, 0.2) is 23.0 Å². The third kappa shape index (κ3) is 18.3. The molecule has 145 heavy (non-hydrogen) atoms. The molecule has 3 fully saturated rings. The second-order valence-electron chi connectivity index (χ2n) is 38.5. The van der Waals surface area contributed by atoms with Crippen molar-refractivity contribution in [3.8, 4) is 73.7 Å². The fourth-order valence-corrected chi connectivity index (χ4v) is 21.3. The Morgan fingerprint density at radius 2 is 1.32 bits per heavy atom. The van der Waals surface area contributed by atoms with E-state index in [1.54, 1.807) is 54.9 Å². The zero-order valence-electron chi connectivity index (χ0n) is 82.4. The smallest absolute Gasteiger partial charge is 0.333 e. The van der Waals surface area contributed by atoms with Gasteiger partial charge in [-0.3, -0.25) is 43.2 Å². The highest BCUT2D eigenvalue weighted by Crippen LogP contribution is 2.56. The number of nitrogens with one attached hydrogen (secondary N) is 2. The number of carbonyl (C=O) groups excluding carboxylic acids is 4. The lowest BCUT2D eigenvalue weighted by Gasteiger charge is -2.50. The Balaban J connectivity index is 0.000000123. The van der Waals surface area contributed by atoms with E-state index in [0.717, 1.165) is 196 Å². The monoisotopic (exact) mass is 1940 g/mol. The van der Waals surface area contributed by atoms with E-state index in [0.29, 0.717) is 52.9 Å². The minimum Gasteiger partial charge on any atom is -0.508 e. The van der Waals surface area contributed by atoms with E-state index in [9.17, 15) is 39.4 Å². The number of anilines is 2. The molecule has 23 rings (SSSR count). The minimum atomic E-state index is -0.960. The molecule has 1 aliphatic carbocycles. The fourth-order valence-electron chi connectivity index (χ4n) is 21.3. The lowest BCUT2D eigenvalue weighted by atomic mass is 9.86. The largest absolute Gasteiger partial charge is 0.508 e. The van der Waals surface area contributed by atoms with Crippen molar-refractivity contribution in [2.24, 2.45) is 7.05 Å². The highest BCUT2D eigenvalue weighted by Gasteiger charge is 2.55. The predicted octanol–water partition coefficient (Wildman–Crippen LogP) is 22.1. The van der Waals surface area contributed by atoms with E-state index >= 15 is 0 Å². The zero-order chi connectivity index (χ0) is 100. The maximum atomic E-state index is 13.9. The van der Waals surface area contributed by atoms with Crippen LogP contribution in [0.2, 0.25) is 0 Å². The Morgan fingerprint density at radius 1 is 0.648 bits per heavy atom. The summed E-state index contributed by atoms with van der Waals surface area (Å²) in [5.74, 6) is 1.48. The molecular formula is C118H116N14O13. The number of benzene rings is 11. The highest BCUT2D eigenvalue weighted by molar-refractivity contribution is 6.31. The highest BCUT2D eigenvalue weighted by atomic mass is 16.6. The molecule has 3 saturated heterocycles. The van der Waals surface area contributed by atoms with Gasteiger partial charge in [-0.25, -0.2) is 9.78 Å². The molecule has 4 N–H and O–H groups in total. The summed E-state index contributed by atoms with van der Waals surface area (Å²) in [7, 11) is 7.00. The first-order valence-corrected chi connectivity index (χ1v) is 48.8. The normalized spacial score (nSPS) is 17.5. The number of aryl methyl sites for hydroxylation is 2. The number of rotatable bonds is 18. The summed E-state index contributed by atoms with van der Waals surface area (Å²) in [5.41, 5.74) is 18.9. The summed E-state index contributed by atoms with van der Waals surface area (Å²) in [6.45, 7) is 21.9. The van der Waals surface area contributed by atoms with Gasteiger partial charge in [-0.05, 0) is 202 Å². The first-order valence-electron chi connectivity index (χ1n) is 48.8. The third-order valence-electron chi connectivity index (χ3n) is 28.5. The second-order valence-corrected chi connectivity index (χ2v) is 38.5. The SMILES string of the molecule is C.CCNC(=O)c1noc(-c2cc(C(C)C)c(O)cc2O)c1-c1ccc(CN2CCOCC2)cc1.CO[C@@H]1[C@H](N(C)C(=O)c2ccccc2)C[C@H]2O[C@]1(C)n1c3ccccc3c3c4c(c5c6ccccc6n2c5c31)C(=O)CC4.COc1ccc(-c2cccc(C(=O)Nc3ccc(N4C[C@@H](C)O[C@@H](C)C4)nc3)c2)cc1.Cn1c(=O)n(-c2ccc(C(C)(C)C#N)cc2)c2c3cc(-c4cnc5ccccc5c4)ccc3ncc21. The molecule has 4 aliphatic heterocycles. The lowest BCUT2D eigenvalue weighted by molar-refractivity contribution is -0.264. The number of carbonyl (C=O) groups is 4. The molecule has 2 bridgehead atoms. The van der Waals surface area contributed by atoms with Crippen LogP contribution in [0.1, 0.15) is 152 Å². The number of aromatic hydroxyl groups is 2. The third-order valence-corrected chi connectivity index (χ3v) is 28.5. The van der Waals surface area contributed by atoms with Crippen LogP contribution < -0.4 is 26.0 Å². The molecule has 0 saturated carbocycles. The van der Waals surface area contributed by atoms with Crippen molar-refractivity contribution >= 4 is 111 Å². The van der Waals surface area contributed by atoms with Crippen molar-refractivity contribution in [2.75, 3.05) is 77.4 Å². The first-order chi connectivity index (χ1) is 69.7. The number of phenolic OH excluding ortho intramolecular Hbond substituents is 2. The molecule has 11 aromatic carbocycles. The van der Waals surface area contributed by atoms with E-state index in [4.69, 9.17) is 28.2 Å². The van der Waals surface area contributed by atoms with E-state index in [2.05, 4.69) is 131 Å². The van der Waals surface area contributed by atoms with Crippen molar-refractivity contribution < 1.29 is 57.6 Å². The van der Waals surface area contributed by atoms with Crippen molar-refractivity contribution in [1.82, 2.24) is 53.5 Å². The average molecular weight is 1940 g/mol. The molecule has 27 heteroatoms. The van der Waals surface area contributed by atoms with Gasteiger partial charge in [0, 0.05) is 140 Å². The quantitative estimate of drug-likeness (QED) is 0.0620. The number of para-hydroxylation sites is 3. The van der Waals surface area contributed by atoms with Crippen molar-refractivity contribution in [3.63, 3.8) is 0 Å². The number of amides is 3. The number of likely N-dealkylation sites (N-methyl/N-ethyl adjacent to an activating group) is 1. The molecule has 0 radical (unpaired) electrons. The molecule has 736 valence electrons. The molecule has 7 aromatic heterocycles. The molecule has 6 atom stereocenters. The number of nitrogens with zero attached hydrogens (tertiary/aromatic N) is 12. The second kappa shape index (κ2) is 40.4. The fraction of sp³-hybridized carbons (Fsp3) is 0.271. The number of hydrogen-bond donors (Lipinski definition) is 4. The lowest BCUT2D eigenvalue weighted by Crippen LogP contribution is -2.61. The topological polar surface area (TPSA) is 314 Å². The van der Waals surface area contributed by atoms with Crippen molar-refractivity contribution in [2.45, 2.75) is 136 Å². The number of aromatic nitrogens is 8. The standard InChI is InChI=1S/C36H31N3O4.C30H23N5O.C26H31N3O5.C25H27N3O3.CH4/c1-36-34(42-3)26(37(2)35(41)20-11-5-4-6-12-20)19-28(43-36)38-24-15-9-7-13-21(24)31-30-23(17-18-27(30)40)29-22-14-8-10-16-25(22)39(36)33(29)32(31)38;1-30(2,18-31)22-9-11-23(12-10-22)35-28-24-15-19(21-14-20-6-4-5-7-25(20)32-16-21)8-13-26(24)33-17-27(28)34(3)29(35)36;1-4-27-26(32)24-23(18-7-5-17(6-8-18)15-29-9-11-33-12-10-29)25(34-28-24)20-13-19(16(2)3)21(30)14-22(20)31;1-17-15-28(16-18(2)31-17)24-12-9-22(14-26-24)27-25(29)21-6-4-5-20(13-21)19-7-10-23(30-3)11-8-19;/h4-16,26,28,34H,17-19H2,1-3H3;4-17H,1-3H3;5-8,13-14,16,30-31H,4,9-12,15H2,1-3H3,(H,27,32);4-14,17-18H,15-16H2,1-3H3,(H,27,29);1H4/t26-,28-,34-,36+;;;17-,18+;/m1..../s1. The van der Waals surface area contributed by atoms with Gasteiger partial charge in [0.05, 0.1) is 129 Å². The number of imidazole rings is 1. The van der Waals surface area contributed by atoms with Crippen LogP contribution in [0.25, 0.3) is 127 Å². The van der Waals surface area contributed by atoms with Crippen LogP contribution in [0.15, 0.2) is 277 Å². The molecule has 0 unspecified atom stereocenters. The number of ether oxygens (including phenoxy) is 5. The number of fused-ring (bicyclic) bond motifs is 17. The number of hydrogen-bond acceptors (Lipinski definition) is 20. The van der Waals surface area contributed by atoms with Gasteiger partial charge in [-0.15, -0.1) is 0 Å². The summed E-state index contributed by atoms with van der Waals surface area (Å²) in [4.78, 5) is 86.7. The predicted molar refractivity (Wildman–Crippen MR) is 568 cm³/mol. The zero-order valence-corrected chi connectivity index (χ0v) is 82.4. The van der Waals surface area contributed by atoms with E-state index < -0.39 is 23.5 Å². The van der Waals surface area contributed by atoms with Crippen LogP contribution in [0, 0.1) is 11.3 Å². The molecule has 27 nitrogen and oxygen atoms in total. The molecule has 11 heterocycles. The number of phenols is 2. The van der Waals surface area contributed by atoms with Crippen LogP contribution >= 0.6 is 0 Å². The van der Waals surface area contributed by atoms with E-state index in [-0.39, 0.29) is 83.7 Å². The number of pyridine rings is 3. The van der Waals surface area contributed by atoms with Crippen molar-refractivity contribution in [3.05, 3.63) is 322 Å². The minimum absolute atomic E-state index is 0. The van der Waals surface area contributed by atoms with Gasteiger partial charge in [0.25, 0.3) is 17.7 Å². The van der Waals surface area contributed by atoms with Gasteiger partial charge < -0.3 is 68.0 Å². The Bertz CT molecular complexity index is 8110. The first kappa shape index (κ1) is 97.8. The van der Waals surface area contributed by atoms with Gasteiger partial charge >= 0.3 is 5.69 Å². The molecule has 3 amide bonds. The summed E-state index contributed by atoms with van der Waals surface area (Å²) in [5, 5.41) is 46.4. The Morgan fingerprint density at radius 3 is 2.03 bits per heavy atom.